The second kappa shape index (κ2) is 11.3. The highest BCUT2D eigenvalue weighted by molar-refractivity contribution is 6.11. The van der Waals surface area contributed by atoms with Crippen LogP contribution >= 0.6 is 0 Å². The van der Waals surface area contributed by atoms with Crippen LogP contribution in [0.4, 0.5) is 0 Å². The molecule has 0 radical (unpaired) electrons. The van der Waals surface area contributed by atoms with E-state index in [4.69, 9.17) is 4.74 Å². The molecule has 0 bridgehead atoms. The van der Waals surface area contributed by atoms with Gasteiger partial charge in [-0.1, -0.05) is 140 Å². The highest BCUT2D eigenvalue weighted by atomic mass is 16.5. The molecule has 1 aliphatic rings. The van der Waals surface area contributed by atoms with Crippen molar-refractivity contribution in [3.63, 3.8) is 0 Å². The Kier molecular flexibility index (Phi) is 6.61. The average molecular weight is 621 g/mol. The van der Waals surface area contributed by atoms with Crippen LogP contribution < -0.4 is 0 Å². The minimum absolute atomic E-state index is 0.201. The number of para-hydroxylation sites is 4. The van der Waals surface area contributed by atoms with Crippen molar-refractivity contribution in [2.45, 2.75) is 18.7 Å². The van der Waals surface area contributed by atoms with Gasteiger partial charge in [-0.2, -0.15) is 0 Å². The predicted octanol–water partition coefficient (Wildman–Crippen LogP) is 10.3. The summed E-state index contributed by atoms with van der Waals surface area (Å²) in [5.74, 6) is -0.312. The summed E-state index contributed by atoms with van der Waals surface area (Å²) in [4.78, 5) is 14.5. The summed E-state index contributed by atoms with van der Waals surface area (Å²) >= 11 is 0. The van der Waals surface area contributed by atoms with Crippen LogP contribution in [0, 0.1) is 0 Å². The molecule has 4 heteroatoms. The largest absolute Gasteiger partial charge is 0.457 e. The van der Waals surface area contributed by atoms with Gasteiger partial charge in [0.2, 0.25) is 0 Å². The molecule has 0 atom stereocenters. The fourth-order valence-electron chi connectivity index (χ4n) is 7.70. The predicted molar refractivity (Wildman–Crippen MR) is 196 cm³/mol. The molecule has 0 spiro atoms. The Morgan fingerprint density at radius 3 is 1.44 bits per heavy atom. The van der Waals surface area contributed by atoms with E-state index in [1.165, 1.54) is 21.5 Å². The molecule has 0 N–H and O–H groups in total. The van der Waals surface area contributed by atoms with Crippen LogP contribution in [0.3, 0.4) is 0 Å². The SMILES string of the molecule is O=C(OCc1ccccc1)C1=C(c2ccccc2)C=CC(n2c3ccccc3c3ccccc32)(n2c3ccccc3c3ccccc32)C1. The number of rotatable bonds is 6. The van der Waals surface area contributed by atoms with E-state index in [1.54, 1.807) is 0 Å². The van der Waals surface area contributed by atoms with E-state index < -0.39 is 5.66 Å². The minimum atomic E-state index is -0.842. The molecule has 8 aromatic rings. The van der Waals surface area contributed by atoms with Gasteiger partial charge in [-0.3, -0.25) is 0 Å². The van der Waals surface area contributed by atoms with E-state index in [1.807, 2.05) is 48.5 Å². The fourth-order valence-corrected chi connectivity index (χ4v) is 7.70. The number of esters is 1. The first-order valence-electron chi connectivity index (χ1n) is 16.4. The van der Waals surface area contributed by atoms with Crippen molar-refractivity contribution in [1.29, 1.82) is 0 Å². The maximum atomic E-state index is 14.5. The number of hydrogen-bond donors (Lipinski definition) is 0. The van der Waals surface area contributed by atoms with E-state index in [2.05, 4.69) is 130 Å². The Morgan fingerprint density at radius 2 is 0.958 bits per heavy atom. The molecule has 2 aromatic heterocycles. The maximum absolute atomic E-state index is 14.5. The second-order valence-corrected chi connectivity index (χ2v) is 12.4. The molecular weight excluding hydrogens is 588 g/mol. The number of nitrogens with zero attached hydrogens (tertiary/aromatic N) is 2. The lowest BCUT2D eigenvalue weighted by Gasteiger charge is -2.40. The van der Waals surface area contributed by atoms with Crippen molar-refractivity contribution in [2.24, 2.45) is 0 Å². The molecular formula is C44H32N2O2. The lowest BCUT2D eigenvalue weighted by atomic mass is 9.85. The van der Waals surface area contributed by atoms with Crippen LogP contribution in [0.1, 0.15) is 17.5 Å². The zero-order chi connectivity index (χ0) is 32.1. The maximum Gasteiger partial charge on any atom is 0.335 e. The summed E-state index contributed by atoms with van der Waals surface area (Å²) in [6.07, 6.45) is 4.83. The van der Waals surface area contributed by atoms with Crippen molar-refractivity contribution in [3.8, 4) is 0 Å². The number of ether oxygens (including phenoxy) is 1. The fraction of sp³-hybridized carbons (Fsp3) is 0.0682. The van der Waals surface area contributed by atoms with Crippen molar-refractivity contribution < 1.29 is 9.53 Å². The van der Waals surface area contributed by atoms with Gasteiger partial charge in [0.25, 0.3) is 0 Å². The van der Waals surface area contributed by atoms with E-state index in [0.717, 1.165) is 38.8 Å². The third kappa shape index (κ3) is 4.34. The normalized spacial score (nSPS) is 14.3. The Balaban J connectivity index is 1.36. The summed E-state index contributed by atoms with van der Waals surface area (Å²) < 4.78 is 11.0. The molecule has 4 nitrogen and oxygen atoms in total. The minimum Gasteiger partial charge on any atom is -0.457 e. The van der Waals surface area contributed by atoms with Gasteiger partial charge in [0, 0.05) is 33.5 Å². The molecule has 6 aromatic carbocycles. The first-order valence-corrected chi connectivity index (χ1v) is 16.4. The number of aromatic nitrogens is 2. The Bertz CT molecular complexity index is 2330. The number of hydrogen-bond acceptors (Lipinski definition) is 2. The molecule has 230 valence electrons. The van der Waals surface area contributed by atoms with Gasteiger partial charge < -0.3 is 13.9 Å². The summed E-state index contributed by atoms with van der Waals surface area (Å²) in [5.41, 5.74) is 7.03. The van der Waals surface area contributed by atoms with Crippen LogP contribution in [0.15, 0.2) is 175 Å². The van der Waals surface area contributed by atoms with Crippen molar-refractivity contribution in [1.82, 2.24) is 9.13 Å². The standard InChI is InChI=1S/C44H32N2O2/c47-43(48-30-31-15-3-1-4-16-31)38-29-44(28-27-33(38)32-17-5-2-6-18-32,45-39-23-11-7-19-34(39)35-20-8-12-24-40(35)45)46-41-25-13-9-21-36(41)37-22-10-14-26-42(37)46/h1-28H,29-30H2. The third-order valence-corrected chi connectivity index (χ3v) is 9.76. The molecule has 0 saturated heterocycles. The van der Waals surface area contributed by atoms with Crippen molar-refractivity contribution in [3.05, 3.63) is 187 Å². The summed E-state index contributed by atoms with van der Waals surface area (Å²) in [7, 11) is 0. The van der Waals surface area contributed by atoms with Gasteiger partial charge >= 0.3 is 5.97 Å². The third-order valence-electron chi connectivity index (χ3n) is 9.76. The molecule has 48 heavy (non-hydrogen) atoms. The van der Waals surface area contributed by atoms with Crippen LogP contribution in [-0.2, 0) is 21.8 Å². The molecule has 0 fully saturated rings. The molecule has 0 aliphatic heterocycles. The number of carbonyl (C=O) groups is 1. The van der Waals surface area contributed by atoms with Gasteiger partial charge in [-0.15, -0.1) is 0 Å². The van der Waals surface area contributed by atoms with E-state index in [-0.39, 0.29) is 12.6 Å². The number of allylic oxidation sites excluding steroid dienone is 3. The first-order chi connectivity index (χ1) is 23.7. The van der Waals surface area contributed by atoms with E-state index in [9.17, 15) is 4.79 Å². The number of benzene rings is 6. The van der Waals surface area contributed by atoms with Crippen LogP contribution in [-0.4, -0.2) is 15.1 Å². The molecule has 0 amide bonds. The van der Waals surface area contributed by atoms with Gasteiger partial charge in [-0.05, 0) is 47.0 Å². The van der Waals surface area contributed by atoms with Gasteiger partial charge in [0.15, 0.2) is 0 Å². The first kappa shape index (κ1) is 28.1. The topological polar surface area (TPSA) is 36.2 Å². The number of carbonyl (C=O) groups excluding carboxylic acids is 1. The van der Waals surface area contributed by atoms with Gasteiger partial charge in [0.05, 0.1) is 22.1 Å². The quantitative estimate of drug-likeness (QED) is 0.173. The van der Waals surface area contributed by atoms with E-state index in [0.29, 0.717) is 12.0 Å². The zero-order valence-corrected chi connectivity index (χ0v) is 26.3. The van der Waals surface area contributed by atoms with Gasteiger partial charge in [0.1, 0.15) is 12.3 Å². The lowest BCUT2D eigenvalue weighted by Crippen LogP contribution is -2.42. The van der Waals surface area contributed by atoms with Crippen LogP contribution in [0.5, 0.6) is 0 Å². The zero-order valence-electron chi connectivity index (χ0n) is 26.3. The Hall–Kier alpha value is -6.13. The molecule has 1 aliphatic carbocycles. The smallest absolute Gasteiger partial charge is 0.335 e. The Labute approximate surface area is 278 Å². The summed E-state index contributed by atoms with van der Waals surface area (Å²) in [6.45, 7) is 0.201. The van der Waals surface area contributed by atoms with E-state index >= 15 is 0 Å². The summed E-state index contributed by atoms with van der Waals surface area (Å²) in [5, 5.41) is 4.70. The highest BCUT2D eigenvalue weighted by Crippen LogP contribution is 2.47. The molecule has 2 heterocycles. The monoisotopic (exact) mass is 620 g/mol. The molecule has 0 saturated carbocycles. The molecule has 0 unspecified atom stereocenters. The number of fused-ring (bicyclic) bond motifs is 6. The highest BCUT2D eigenvalue weighted by Gasteiger charge is 2.42. The lowest BCUT2D eigenvalue weighted by molar-refractivity contribution is -0.140. The van der Waals surface area contributed by atoms with Gasteiger partial charge in [-0.25, -0.2) is 4.79 Å². The van der Waals surface area contributed by atoms with Crippen LogP contribution in [0.25, 0.3) is 49.2 Å². The molecule has 9 rings (SSSR count). The Morgan fingerprint density at radius 1 is 0.542 bits per heavy atom. The van der Waals surface area contributed by atoms with Crippen molar-refractivity contribution >= 4 is 55.2 Å². The second-order valence-electron chi connectivity index (χ2n) is 12.4. The van der Waals surface area contributed by atoms with Crippen molar-refractivity contribution in [2.75, 3.05) is 0 Å². The van der Waals surface area contributed by atoms with Crippen LogP contribution in [0.2, 0.25) is 0 Å². The average Bonchev–Trinajstić information content (AvgIpc) is 3.68. The summed E-state index contributed by atoms with van der Waals surface area (Å²) in [6, 6.07) is 54.4.